The molecule has 9 nitrogen and oxygen atoms in total. The van der Waals surface area contributed by atoms with Crippen LogP contribution in [0.4, 0.5) is 5.69 Å². The van der Waals surface area contributed by atoms with Crippen molar-refractivity contribution in [2.75, 3.05) is 46.8 Å². The van der Waals surface area contributed by atoms with Gasteiger partial charge < -0.3 is 4.90 Å². The number of benzene rings is 1. The van der Waals surface area contributed by atoms with Crippen LogP contribution in [0.2, 0.25) is 0 Å². The predicted octanol–water partition coefficient (Wildman–Crippen LogP) is 0.688. The zero-order valence-electron chi connectivity index (χ0n) is 15.2. The number of hydrogen-bond donors (Lipinski definition) is 0. The molecule has 26 heavy (non-hydrogen) atoms. The van der Waals surface area contributed by atoms with Gasteiger partial charge in [-0.2, -0.15) is 4.31 Å². The average Bonchev–Trinajstić information content (AvgIpc) is 2.80. The monoisotopic (exact) mass is 384 g/mol. The van der Waals surface area contributed by atoms with E-state index in [1.54, 1.807) is 21.0 Å². The molecule has 1 aromatic rings. The maximum absolute atomic E-state index is 12.9. The van der Waals surface area contributed by atoms with Gasteiger partial charge >= 0.3 is 0 Å². The number of amides is 1. The summed E-state index contributed by atoms with van der Waals surface area (Å²) in [6.07, 6.45) is 0.591. The quantitative estimate of drug-likeness (QED) is 0.546. The van der Waals surface area contributed by atoms with Crippen molar-refractivity contribution in [3.05, 3.63) is 33.9 Å². The summed E-state index contributed by atoms with van der Waals surface area (Å²) < 4.78 is 27.1. The summed E-state index contributed by atoms with van der Waals surface area (Å²) in [5, 5.41) is 11.1. The largest absolute Gasteiger partial charge is 0.348 e. The Kier molecular flexibility index (Phi) is 6.32. The zero-order chi connectivity index (χ0) is 19.5. The molecule has 1 fully saturated rings. The summed E-state index contributed by atoms with van der Waals surface area (Å²) in [6, 6.07) is 3.96. The molecule has 1 aliphatic heterocycles. The van der Waals surface area contributed by atoms with Crippen LogP contribution in [0.3, 0.4) is 0 Å². The molecule has 1 saturated heterocycles. The maximum atomic E-state index is 12.9. The van der Waals surface area contributed by atoms with Crippen molar-refractivity contribution in [1.82, 2.24) is 14.1 Å². The average molecular weight is 384 g/mol. The van der Waals surface area contributed by atoms with E-state index in [1.165, 1.54) is 21.3 Å². The summed E-state index contributed by atoms with van der Waals surface area (Å²) in [5.41, 5.74) is 0.206. The van der Waals surface area contributed by atoms with E-state index in [-0.39, 0.29) is 29.6 Å². The van der Waals surface area contributed by atoms with Crippen LogP contribution in [0.15, 0.2) is 23.1 Å². The Morgan fingerprint density at radius 2 is 1.92 bits per heavy atom. The summed E-state index contributed by atoms with van der Waals surface area (Å²) in [4.78, 5) is 25.7. The van der Waals surface area contributed by atoms with Crippen LogP contribution in [-0.2, 0) is 14.8 Å². The molecule has 1 amide bonds. The SMILES string of the molecule is Cc1ccc(S(=O)(=O)N2CCCN(CC(=O)N(C)C)CC2)cc1[N+](=O)[O-]. The standard InChI is InChI=1S/C16H24N4O5S/c1-13-5-6-14(11-15(13)20(22)23)26(24,25)19-8-4-7-18(9-10-19)12-16(21)17(2)3/h5-6,11H,4,7-10,12H2,1-3H3. The molecule has 0 spiro atoms. The first-order valence-electron chi connectivity index (χ1n) is 8.30. The van der Waals surface area contributed by atoms with E-state index in [0.29, 0.717) is 31.6 Å². The Morgan fingerprint density at radius 3 is 2.54 bits per heavy atom. The molecule has 0 atom stereocenters. The van der Waals surface area contributed by atoms with Crippen LogP contribution in [0, 0.1) is 17.0 Å². The number of carbonyl (C=O) groups excluding carboxylic acids is 1. The number of sulfonamides is 1. The van der Waals surface area contributed by atoms with E-state index in [2.05, 4.69) is 0 Å². The van der Waals surface area contributed by atoms with Gasteiger partial charge in [-0.1, -0.05) is 6.07 Å². The minimum atomic E-state index is -3.82. The minimum absolute atomic E-state index is 0.0320. The number of nitro groups is 1. The van der Waals surface area contributed by atoms with Crippen LogP contribution >= 0.6 is 0 Å². The van der Waals surface area contributed by atoms with Gasteiger partial charge in [0, 0.05) is 45.4 Å². The van der Waals surface area contributed by atoms with E-state index in [1.807, 2.05) is 4.90 Å². The van der Waals surface area contributed by atoms with Crippen LogP contribution < -0.4 is 0 Å². The predicted molar refractivity (Wildman–Crippen MR) is 96.3 cm³/mol. The molecule has 0 bridgehead atoms. The van der Waals surface area contributed by atoms with Gasteiger partial charge in [-0.05, 0) is 26.0 Å². The van der Waals surface area contributed by atoms with Crippen molar-refractivity contribution in [2.24, 2.45) is 0 Å². The highest BCUT2D eigenvalue weighted by Gasteiger charge is 2.29. The van der Waals surface area contributed by atoms with Crippen molar-refractivity contribution >= 4 is 21.6 Å². The molecular formula is C16H24N4O5S. The highest BCUT2D eigenvalue weighted by Crippen LogP contribution is 2.25. The van der Waals surface area contributed by atoms with Crippen molar-refractivity contribution in [2.45, 2.75) is 18.2 Å². The molecule has 0 aliphatic carbocycles. The van der Waals surface area contributed by atoms with E-state index in [4.69, 9.17) is 0 Å². The Hall–Kier alpha value is -2.04. The van der Waals surface area contributed by atoms with E-state index >= 15 is 0 Å². The Labute approximate surface area is 153 Å². The summed E-state index contributed by atoms with van der Waals surface area (Å²) in [7, 11) is -0.456. The Bertz CT molecular complexity index is 794. The first-order valence-corrected chi connectivity index (χ1v) is 9.74. The molecule has 0 unspecified atom stereocenters. The topological polar surface area (TPSA) is 104 Å². The third-order valence-electron chi connectivity index (χ3n) is 4.42. The minimum Gasteiger partial charge on any atom is -0.348 e. The van der Waals surface area contributed by atoms with Gasteiger partial charge in [0.05, 0.1) is 16.4 Å². The van der Waals surface area contributed by atoms with E-state index < -0.39 is 14.9 Å². The lowest BCUT2D eigenvalue weighted by Crippen LogP contribution is -2.39. The van der Waals surface area contributed by atoms with Crippen molar-refractivity contribution < 1.29 is 18.1 Å². The molecule has 2 rings (SSSR count). The summed E-state index contributed by atoms with van der Waals surface area (Å²) in [5.74, 6) is -0.0320. The van der Waals surface area contributed by atoms with Crippen LogP contribution in [0.1, 0.15) is 12.0 Å². The lowest BCUT2D eigenvalue weighted by atomic mass is 10.2. The van der Waals surface area contributed by atoms with Crippen molar-refractivity contribution in [1.29, 1.82) is 0 Å². The number of nitrogens with zero attached hydrogens (tertiary/aromatic N) is 4. The fourth-order valence-electron chi connectivity index (χ4n) is 2.77. The third-order valence-corrected chi connectivity index (χ3v) is 6.31. The number of hydrogen-bond acceptors (Lipinski definition) is 6. The van der Waals surface area contributed by atoms with Gasteiger partial charge in [0.15, 0.2) is 0 Å². The summed E-state index contributed by atoms with van der Waals surface area (Å²) in [6.45, 7) is 3.44. The van der Waals surface area contributed by atoms with Gasteiger partial charge in [-0.25, -0.2) is 8.42 Å². The van der Waals surface area contributed by atoms with Gasteiger partial charge in [0.1, 0.15) is 0 Å². The first kappa shape index (κ1) is 20.3. The fourth-order valence-corrected chi connectivity index (χ4v) is 4.26. The van der Waals surface area contributed by atoms with Crippen molar-refractivity contribution in [3.63, 3.8) is 0 Å². The van der Waals surface area contributed by atoms with Gasteiger partial charge in [0.2, 0.25) is 15.9 Å². The summed E-state index contributed by atoms with van der Waals surface area (Å²) >= 11 is 0. The van der Waals surface area contributed by atoms with E-state index in [9.17, 15) is 23.3 Å². The highest BCUT2D eigenvalue weighted by molar-refractivity contribution is 7.89. The molecule has 1 aromatic carbocycles. The molecule has 1 aliphatic rings. The molecule has 0 saturated carbocycles. The van der Waals surface area contributed by atoms with Crippen LogP contribution in [-0.4, -0.2) is 80.2 Å². The zero-order valence-corrected chi connectivity index (χ0v) is 16.0. The van der Waals surface area contributed by atoms with Gasteiger partial charge in [0.25, 0.3) is 5.69 Å². The fraction of sp³-hybridized carbons (Fsp3) is 0.562. The molecule has 0 aromatic heterocycles. The van der Waals surface area contributed by atoms with Gasteiger partial charge in [-0.3, -0.25) is 19.8 Å². The van der Waals surface area contributed by atoms with Crippen LogP contribution in [0.25, 0.3) is 0 Å². The van der Waals surface area contributed by atoms with Crippen LogP contribution in [0.5, 0.6) is 0 Å². The highest BCUT2D eigenvalue weighted by atomic mass is 32.2. The Morgan fingerprint density at radius 1 is 1.23 bits per heavy atom. The second-order valence-electron chi connectivity index (χ2n) is 6.53. The molecule has 144 valence electrons. The lowest BCUT2D eigenvalue weighted by molar-refractivity contribution is -0.385. The van der Waals surface area contributed by atoms with E-state index in [0.717, 1.165) is 6.07 Å². The van der Waals surface area contributed by atoms with Crippen molar-refractivity contribution in [3.8, 4) is 0 Å². The number of likely N-dealkylation sites (N-methyl/N-ethyl adjacent to an activating group) is 1. The van der Waals surface area contributed by atoms with Gasteiger partial charge in [-0.15, -0.1) is 0 Å². The normalized spacial score (nSPS) is 16.9. The molecule has 1 heterocycles. The molecule has 10 heteroatoms. The third kappa shape index (κ3) is 4.57. The molecule has 0 N–H and O–H groups in total. The lowest BCUT2D eigenvalue weighted by Gasteiger charge is -2.22. The Balaban J connectivity index is 2.16. The maximum Gasteiger partial charge on any atom is 0.273 e. The number of carbonyl (C=O) groups is 1. The first-order chi connectivity index (χ1) is 12.1. The number of nitro benzene ring substituents is 1. The number of aryl methyl sites for hydroxylation is 1. The second kappa shape index (κ2) is 8.11. The molecule has 0 radical (unpaired) electrons. The molecular weight excluding hydrogens is 360 g/mol. The smallest absolute Gasteiger partial charge is 0.273 e. The number of rotatable bonds is 5. The second-order valence-corrected chi connectivity index (χ2v) is 8.47.